The first-order chi connectivity index (χ1) is 9.90. The lowest BCUT2D eigenvalue weighted by atomic mass is 9.82. The fraction of sp³-hybridized carbons (Fsp3) is 0.588. The summed E-state index contributed by atoms with van der Waals surface area (Å²) in [5.41, 5.74) is 2.01. The van der Waals surface area contributed by atoms with E-state index in [9.17, 15) is 4.79 Å². The van der Waals surface area contributed by atoms with E-state index in [1.807, 2.05) is 6.92 Å². The van der Waals surface area contributed by atoms with Gasteiger partial charge in [0.1, 0.15) is 17.6 Å². The van der Waals surface area contributed by atoms with Crippen molar-refractivity contribution in [3.63, 3.8) is 0 Å². The predicted molar refractivity (Wildman–Crippen MR) is 81.0 cm³/mol. The molecule has 1 N–H and O–H groups in total. The Kier molecular flexibility index (Phi) is 3.34. The van der Waals surface area contributed by atoms with E-state index < -0.39 is 0 Å². The number of rotatable bonds is 3. The van der Waals surface area contributed by atoms with Crippen LogP contribution >= 0.6 is 0 Å². The first-order valence-corrected chi connectivity index (χ1v) is 7.68. The van der Waals surface area contributed by atoms with Crippen molar-refractivity contribution in [3.8, 4) is 11.5 Å². The summed E-state index contributed by atoms with van der Waals surface area (Å²) >= 11 is 0. The summed E-state index contributed by atoms with van der Waals surface area (Å²) in [5.74, 6) is 2.04. The molecule has 114 valence electrons. The van der Waals surface area contributed by atoms with Crippen LogP contribution in [0.3, 0.4) is 0 Å². The molecule has 4 heteroatoms. The first kappa shape index (κ1) is 14.2. The monoisotopic (exact) mass is 289 g/mol. The lowest BCUT2D eigenvalue weighted by Crippen LogP contribution is -2.38. The van der Waals surface area contributed by atoms with Gasteiger partial charge in [-0.15, -0.1) is 0 Å². The second-order valence-corrected chi connectivity index (χ2v) is 6.59. The predicted octanol–water partition coefficient (Wildman–Crippen LogP) is 2.79. The molecule has 0 bridgehead atoms. The molecule has 2 atom stereocenters. The van der Waals surface area contributed by atoms with E-state index in [2.05, 4.69) is 38.2 Å². The fourth-order valence-corrected chi connectivity index (χ4v) is 3.44. The highest BCUT2D eigenvalue weighted by atomic mass is 16.5. The van der Waals surface area contributed by atoms with E-state index in [1.54, 1.807) is 0 Å². The summed E-state index contributed by atoms with van der Waals surface area (Å²) in [6, 6.07) is 4.17. The molecule has 1 aromatic carbocycles. The zero-order chi connectivity index (χ0) is 15.2. The summed E-state index contributed by atoms with van der Waals surface area (Å²) in [6.07, 6.45) is 1.63. The van der Waals surface area contributed by atoms with Crippen LogP contribution in [0.1, 0.15) is 51.2 Å². The van der Waals surface area contributed by atoms with Crippen molar-refractivity contribution in [1.29, 1.82) is 0 Å². The van der Waals surface area contributed by atoms with Crippen LogP contribution in [0.2, 0.25) is 0 Å². The average molecular weight is 289 g/mol. The highest BCUT2D eigenvalue weighted by molar-refractivity contribution is 5.81. The van der Waals surface area contributed by atoms with Gasteiger partial charge in [0.05, 0.1) is 6.61 Å². The molecule has 0 saturated carbocycles. The zero-order valence-electron chi connectivity index (χ0n) is 13.2. The lowest BCUT2D eigenvalue weighted by molar-refractivity contribution is -0.119. The van der Waals surface area contributed by atoms with E-state index in [0.717, 1.165) is 23.5 Å². The van der Waals surface area contributed by atoms with Crippen LogP contribution in [0, 0.1) is 0 Å². The molecule has 2 aliphatic rings. The molecule has 2 heterocycles. The minimum Gasteiger partial charge on any atom is -0.494 e. The number of carbonyl (C=O) groups is 1. The highest BCUT2D eigenvalue weighted by Crippen LogP contribution is 2.44. The Bertz CT molecular complexity index is 580. The lowest BCUT2D eigenvalue weighted by Gasteiger charge is -2.28. The summed E-state index contributed by atoms with van der Waals surface area (Å²) in [5, 5.41) is 3.05. The second-order valence-electron chi connectivity index (χ2n) is 6.59. The molecule has 0 aromatic heterocycles. The molecule has 21 heavy (non-hydrogen) atoms. The molecule has 2 unspecified atom stereocenters. The Morgan fingerprint density at radius 3 is 2.76 bits per heavy atom. The number of amides is 1. The molecule has 1 aromatic rings. The van der Waals surface area contributed by atoms with Gasteiger partial charge in [-0.3, -0.25) is 4.79 Å². The molecular formula is C17H23NO3. The van der Waals surface area contributed by atoms with Crippen LogP contribution in [-0.4, -0.2) is 24.2 Å². The van der Waals surface area contributed by atoms with Gasteiger partial charge in [0.25, 0.3) is 0 Å². The van der Waals surface area contributed by atoms with Crippen LogP contribution < -0.4 is 14.8 Å². The molecule has 1 saturated heterocycles. The highest BCUT2D eigenvalue weighted by Gasteiger charge is 2.42. The molecule has 1 fully saturated rings. The molecule has 2 aliphatic heterocycles. The minimum atomic E-state index is -0.263. The van der Waals surface area contributed by atoms with Crippen LogP contribution in [0.15, 0.2) is 12.1 Å². The Morgan fingerprint density at radius 1 is 1.38 bits per heavy atom. The Hall–Kier alpha value is -1.71. The van der Waals surface area contributed by atoms with Crippen LogP contribution in [0.4, 0.5) is 0 Å². The molecule has 0 aliphatic carbocycles. The topological polar surface area (TPSA) is 47.6 Å². The maximum absolute atomic E-state index is 11.8. The molecule has 1 amide bonds. The van der Waals surface area contributed by atoms with E-state index in [1.165, 1.54) is 5.56 Å². The van der Waals surface area contributed by atoms with Gasteiger partial charge in [-0.25, -0.2) is 0 Å². The van der Waals surface area contributed by atoms with E-state index in [0.29, 0.717) is 13.0 Å². The molecule has 4 nitrogen and oxygen atoms in total. The fourth-order valence-electron chi connectivity index (χ4n) is 3.44. The first-order valence-electron chi connectivity index (χ1n) is 7.68. The number of fused-ring (bicyclic) bond motifs is 1. The Morgan fingerprint density at radius 2 is 2.14 bits per heavy atom. The number of hydrogen-bond donors (Lipinski definition) is 1. The van der Waals surface area contributed by atoms with Crippen LogP contribution in [-0.2, 0) is 11.2 Å². The number of hydrogen-bond acceptors (Lipinski definition) is 3. The van der Waals surface area contributed by atoms with Crippen molar-refractivity contribution in [2.45, 2.75) is 58.1 Å². The van der Waals surface area contributed by atoms with Gasteiger partial charge in [-0.2, -0.15) is 0 Å². The van der Waals surface area contributed by atoms with E-state index in [-0.39, 0.29) is 23.5 Å². The Labute approximate surface area is 125 Å². The van der Waals surface area contributed by atoms with Gasteiger partial charge >= 0.3 is 0 Å². The average Bonchev–Trinajstić information content (AvgIpc) is 2.86. The van der Waals surface area contributed by atoms with Crippen LogP contribution in [0.25, 0.3) is 0 Å². The largest absolute Gasteiger partial charge is 0.494 e. The molecule has 0 radical (unpaired) electrons. The summed E-state index contributed by atoms with van der Waals surface area (Å²) in [4.78, 5) is 11.8. The maximum atomic E-state index is 11.8. The van der Waals surface area contributed by atoms with Gasteiger partial charge in [-0.05, 0) is 39.8 Å². The summed E-state index contributed by atoms with van der Waals surface area (Å²) in [7, 11) is 0. The third kappa shape index (κ3) is 2.47. The van der Waals surface area contributed by atoms with Crippen LogP contribution in [0.5, 0.6) is 11.5 Å². The van der Waals surface area contributed by atoms with Crippen molar-refractivity contribution in [3.05, 3.63) is 23.3 Å². The quantitative estimate of drug-likeness (QED) is 0.930. The van der Waals surface area contributed by atoms with Gasteiger partial charge in [0.2, 0.25) is 5.91 Å². The maximum Gasteiger partial charge on any atom is 0.221 e. The number of nitrogens with one attached hydrogen (secondary N) is 1. The second kappa shape index (κ2) is 4.93. The smallest absolute Gasteiger partial charge is 0.221 e. The van der Waals surface area contributed by atoms with Crippen molar-refractivity contribution >= 4 is 5.91 Å². The number of carbonyl (C=O) groups excluding carboxylic acids is 1. The third-order valence-corrected chi connectivity index (χ3v) is 4.43. The summed E-state index contributed by atoms with van der Waals surface area (Å²) < 4.78 is 11.7. The third-order valence-electron chi connectivity index (χ3n) is 4.43. The zero-order valence-corrected chi connectivity index (χ0v) is 13.2. The number of benzene rings is 1. The standard InChI is InChI=1S/C17H23NO3/c1-5-20-15-7-11-6-10(2)21-14(11)8-12(15)13-9-16(19)18-17(13,3)4/h7-8,10,13H,5-6,9H2,1-4H3,(H,18,19). The van der Waals surface area contributed by atoms with Crippen molar-refractivity contribution in [2.75, 3.05) is 6.61 Å². The van der Waals surface area contributed by atoms with E-state index in [4.69, 9.17) is 9.47 Å². The SMILES string of the molecule is CCOc1cc2c(cc1C1CC(=O)NC1(C)C)OC(C)C2. The summed E-state index contributed by atoms with van der Waals surface area (Å²) in [6.45, 7) is 8.81. The van der Waals surface area contributed by atoms with Crippen molar-refractivity contribution < 1.29 is 14.3 Å². The van der Waals surface area contributed by atoms with Gasteiger partial charge < -0.3 is 14.8 Å². The van der Waals surface area contributed by atoms with Gasteiger partial charge in [0, 0.05) is 35.4 Å². The molecule has 0 spiro atoms. The Balaban J connectivity index is 2.05. The molecule has 3 rings (SSSR count). The van der Waals surface area contributed by atoms with E-state index >= 15 is 0 Å². The van der Waals surface area contributed by atoms with Gasteiger partial charge in [0.15, 0.2) is 0 Å². The molecular weight excluding hydrogens is 266 g/mol. The number of ether oxygens (including phenoxy) is 2. The van der Waals surface area contributed by atoms with Gasteiger partial charge in [-0.1, -0.05) is 0 Å². The van der Waals surface area contributed by atoms with Crippen molar-refractivity contribution in [1.82, 2.24) is 5.32 Å². The minimum absolute atomic E-state index is 0.0993. The normalized spacial score (nSPS) is 26.2. The van der Waals surface area contributed by atoms with Crippen molar-refractivity contribution in [2.24, 2.45) is 0 Å².